The molecule has 1 amide bonds. The van der Waals surface area contributed by atoms with Gasteiger partial charge >= 0.3 is 0 Å². The Balaban J connectivity index is 2.21. The highest BCUT2D eigenvalue weighted by Gasteiger charge is 2.43. The molecule has 0 aliphatic carbocycles. The number of carbonyl (C=O) groups is 1. The lowest BCUT2D eigenvalue weighted by Gasteiger charge is -2.29. The zero-order valence-electron chi connectivity index (χ0n) is 12.6. The fraction of sp³-hybridized carbons (Fsp3) is 0.667. The molecule has 1 aromatic heterocycles. The number of rotatable bonds is 6. The van der Waals surface area contributed by atoms with E-state index in [-0.39, 0.29) is 24.2 Å². The van der Waals surface area contributed by atoms with Crippen LogP contribution in [0.5, 0.6) is 0 Å². The summed E-state index contributed by atoms with van der Waals surface area (Å²) in [6.07, 6.45) is 0.0438. The molecule has 1 aromatic rings. The van der Waals surface area contributed by atoms with Crippen LogP contribution in [0.1, 0.15) is 38.7 Å². The Morgan fingerprint density at radius 3 is 2.75 bits per heavy atom. The second kappa shape index (κ2) is 6.96. The number of hydrogen-bond donors (Lipinski definition) is 1. The molecule has 0 bridgehead atoms. The lowest BCUT2D eigenvalue weighted by atomic mass is 10.0. The first-order valence-corrected chi connectivity index (χ1v) is 9.29. The molecular weight excluding hydrogens is 288 g/mol. The quantitative estimate of drug-likeness (QED) is 0.874. The highest BCUT2D eigenvalue weighted by atomic mass is 32.2. The second-order valence-electron chi connectivity index (χ2n) is 5.56. The number of amides is 1. The van der Waals surface area contributed by atoms with Gasteiger partial charge in [-0.05, 0) is 30.0 Å². The fourth-order valence-electron chi connectivity index (χ4n) is 2.59. The molecule has 3 nitrogen and oxygen atoms in total. The first-order valence-electron chi connectivity index (χ1n) is 7.25. The van der Waals surface area contributed by atoms with Crippen LogP contribution in [0.2, 0.25) is 0 Å². The van der Waals surface area contributed by atoms with Gasteiger partial charge in [0.05, 0.1) is 6.04 Å². The van der Waals surface area contributed by atoms with Crippen LogP contribution in [0.3, 0.4) is 0 Å². The average molecular weight is 313 g/mol. The summed E-state index contributed by atoms with van der Waals surface area (Å²) in [6, 6.07) is 4.37. The van der Waals surface area contributed by atoms with E-state index in [2.05, 4.69) is 55.4 Å². The zero-order chi connectivity index (χ0) is 14.7. The SMILES string of the molecule is CCSCC(C)N1C(=O)C(C(C)C)NC1c1cccs1. The lowest BCUT2D eigenvalue weighted by Crippen LogP contribution is -2.40. The summed E-state index contributed by atoms with van der Waals surface area (Å²) < 4.78 is 0. The number of thiophene rings is 1. The van der Waals surface area contributed by atoms with Crippen LogP contribution in [-0.2, 0) is 4.79 Å². The molecule has 3 unspecified atom stereocenters. The van der Waals surface area contributed by atoms with Crippen molar-refractivity contribution in [3.8, 4) is 0 Å². The molecule has 3 atom stereocenters. The Hall–Kier alpha value is -0.520. The van der Waals surface area contributed by atoms with E-state index in [4.69, 9.17) is 0 Å². The van der Waals surface area contributed by atoms with Crippen molar-refractivity contribution in [2.45, 2.75) is 45.9 Å². The van der Waals surface area contributed by atoms with Crippen LogP contribution >= 0.6 is 23.1 Å². The van der Waals surface area contributed by atoms with Crippen molar-refractivity contribution in [1.29, 1.82) is 0 Å². The van der Waals surface area contributed by atoms with Crippen LogP contribution < -0.4 is 5.32 Å². The van der Waals surface area contributed by atoms with Crippen LogP contribution in [0.25, 0.3) is 0 Å². The number of thioether (sulfide) groups is 1. The zero-order valence-corrected chi connectivity index (χ0v) is 14.3. The van der Waals surface area contributed by atoms with Crippen molar-refractivity contribution in [2.24, 2.45) is 5.92 Å². The van der Waals surface area contributed by atoms with Crippen LogP contribution in [0, 0.1) is 5.92 Å². The Labute approximate surface area is 130 Å². The second-order valence-corrected chi connectivity index (χ2v) is 7.86. The van der Waals surface area contributed by atoms with Gasteiger partial charge in [0.25, 0.3) is 0 Å². The van der Waals surface area contributed by atoms with Crippen LogP contribution in [0.4, 0.5) is 0 Å². The summed E-state index contributed by atoms with van der Waals surface area (Å²) in [4.78, 5) is 16.0. The molecule has 0 aromatic carbocycles. The molecule has 2 rings (SSSR count). The van der Waals surface area contributed by atoms with Gasteiger partial charge in [0.2, 0.25) is 5.91 Å². The van der Waals surface area contributed by atoms with Gasteiger partial charge in [0.1, 0.15) is 6.17 Å². The highest BCUT2D eigenvalue weighted by Crippen LogP contribution is 2.33. The first-order chi connectivity index (χ1) is 9.56. The number of nitrogens with zero attached hydrogens (tertiary/aromatic N) is 1. The summed E-state index contributed by atoms with van der Waals surface area (Å²) >= 11 is 3.61. The van der Waals surface area contributed by atoms with Gasteiger partial charge in [0, 0.05) is 16.7 Å². The third kappa shape index (κ3) is 3.21. The van der Waals surface area contributed by atoms with E-state index in [0.717, 1.165) is 11.5 Å². The molecule has 1 aliphatic rings. The number of nitrogens with one attached hydrogen (secondary N) is 1. The van der Waals surface area contributed by atoms with Crippen molar-refractivity contribution in [3.63, 3.8) is 0 Å². The maximum atomic E-state index is 12.7. The molecule has 1 fully saturated rings. The van der Waals surface area contributed by atoms with Crippen molar-refractivity contribution in [3.05, 3.63) is 22.4 Å². The van der Waals surface area contributed by atoms with Crippen LogP contribution in [-0.4, -0.2) is 34.4 Å². The van der Waals surface area contributed by atoms with Crippen molar-refractivity contribution >= 4 is 29.0 Å². The third-order valence-corrected chi connectivity index (χ3v) is 5.70. The highest BCUT2D eigenvalue weighted by molar-refractivity contribution is 7.99. The fourth-order valence-corrected chi connectivity index (χ4v) is 4.11. The summed E-state index contributed by atoms with van der Waals surface area (Å²) in [6.45, 7) is 8.53. The minimum Gasteiger partial charge on any atom is -0.317 e. The first kappa shape index (κ1) is 15.9. The van der Waals surface area contributed by atoms with Crippen LogP contribution in [0.15, 0.2) is 17.5 Å². The van der Waals surface area contributed by atoms with Crippen molar-refractivity contribution < 1.29 is 4.79 Å². The predicted molar refractivity (Wildman–Crippen MR) is 88.1 cm³/mol. The minimum atomic E-state index is -0.0591. The summed E-state index contributed by atoms with van der Waals surface area (Å²) in [5, 5.41) is 5.60. The smallest absolute Gasteiger partial charge is 0.241 e. The van der Waals surface area contributed by atoms with E-state index in [1.54, 1.807) is 11.3 Å². The summed E-state index contributed by atoms with van der Waals surface area (Å²) in [5.41, 5.74) is 0. The molecule has 2 heterocycles. The van der Waals surface area contributed by atoms with Gasteiger partial charge in [-0.15, -0.1) is 11.3 Å². The van der Waals surface area contributed by atoms with E-state index in [0.29, 0.717) is 5.92 Å². The van der Waals surface area contributed by atoms with E-state index in [1.165, 1.54) is 4.88 Å². The van der Waals surface area contributed by atoms with Gasteiger partial charge in [-0.25, -0.2) is 0 Å². The Kier molecular flexibility index (Phi) is 5.52. The Bertz CT molecular complexity index is 433. The maximum Gasteiger partial charge on any atom is 0.241 e. The normalized spacial score (nSPS) is 24.6. The van der Waals surface area contributed by atoms with Crippen molar-refractivity contribution in [2.75, 3.05) is 11.5 Å². The monoisotopic (exact) mass is 312 g/mol. The van der Waals surface area contributed by atoms with E-state index in [1.807, 2.05) is 11.8 Å². The molecule has 0 saturated carbocycles. The molecule has 0 radical (unpaired) electrons. The van der Waals surface area contributed by atoms with Gasteiger partial charge in [0.15, 0.2) is 0 Å². The molecule has 1 saturated heterocycles. The maximum absolute atomic E-state index is 12.7. The van der Waals surface area contributed by atoms with Gasteiger partial charge in [-0.1, -0.05) is 26.8 Å². The van der Waals surface area contributed by atoms with Crippen molar-refractivity contribution in [1.82, 2.24) is 10.2 Å². The summed E-state index contributed by atoms with van der Waals surface area (Å²) in [7, 11) is 0. The average Bonchev–Trinajstić information content (AvgIpc) is 3.02. The molecule has 112 valence electrons. The standard InChI is InChI=1S/C15H24N2OS2/c1-5-19-9-11(4)17-14(12-7-6-8-20-12)16-13(10(2)3)15(17)18/h6-8,10-11,13-14,16H,5,9H2,1-4H3. The van der Waals surface area contributed by atoms with E-state index in [9.17, 15) is 4.79 Å². The molecule has 0 spiro atoms. The topological polar surface area (TPSA) is 32.3 Å². The largest absolute Gasteiger partial charge is 0.317 e. The Morgan fingerprint density at radius 1 is 1.45 bits per heavy atom. The van der Waals surface area contributed by atoms with E-state index < -0.39 is 0 Å². The third-order valence-electron chi connectivity index (χ3n) is 3.65. The Morgan fingerprint density at radius 2 is 2.20 bits per heavy atom. The molecule has 5 heteroatoms. The predicted octanol–water partition coefficient (Wildman–Crippen LogP) is 3.34. The van der Waals surface area contributed by atoms with E-state index >= 15 is 0 Å². The molecular formula is C15H24N2OS2. The molecule has 1 aliphatic heterocycles. The van der Waals surface area contributed by atoms with Gasteiger partial charge in [-0.3, -0.25) is 10.1 Å². The van der Waals surface area contributed by atoms with Gasteiger partial charge < -0.3 is 4.90 Å². The number of hydrogen-bond acceptors (Lipinski definition) is 4. The van der Waals surface area contributed by atoms with Gasteiger partial charge in [-0.2, -0.15) is 11.8 Å². The molecule has 1 N–H and O–H groups in total. The molecule has 20 heavy (non-hydrogen) atoms. The number of carbonyl (C=O) groups excluding carboxylic acids is 1. The minimum absolute atomic E-state index is 0.0438. The lowest BCUT2D eigenvalue weighted by molar-refractivity contribution is -0.132. The summed E-state index contributed by atoms with van der Waals surface area (Å²) in [5.74, 6) is 2.66.